The van der Waals surface area contributed by atoms with Crippen LogP contribution < -0.4 is 9.80 Å². The van der Waals surface area contributed by atoms with E-state index in [1.54, 1.807) is 37.0 Å². The van der Waals surface area contributed by atoms with Crippen LogP contribution in [0.3, 0.4) is 0 Å². The number of anilines is 2. The van der Waals surface area contributed by atoms with Crippen LogP contribution in [0.4, 0.5) is 20.2 Å². The van der Waals surface area contributed by atoms with Crippen LogP contribution in [0.25, 0.3) is 66.7 Å². The van der Waals surface area contributed by atoms with Crippen molar-refractivity contribution in [3.63, 3.8) is 0 Å². The number of imidazole rings is 2. The molecular weight excluding hydrogens is 832 g/mol. The minimum Gasteiger partial charge on any atom is -0.444 e. The van der Waals surface area contributed by atoms with E-state index in [1.807, 2.05) is 38.1 Å². The highest BCUT2D eigenvalue weighted by Gasteiger charge is 2.23. The Morgan fingerprint density at radius 1 is 0.583 bits per heavy atom. The van der Waals surface area contributed by atoms with Gasteiger partial charge in [-0.1, -0.05) is 24.3 Å². The first kappa shape index (κ1) is 37.9. The summed E-state index contributed by atoms with van der Waals surface area (Å²) in [5, 5.41) is 1.49. The number of rotatable bonds is 5. The summed E-state index contributed by atoms with van der Waals surface area (Å²) in [5.74, 6) is 1.47. The Kier molecular flexibility index (Phi) is 9.94. The predicted molar refractivity (Wildman–Crippen MR) is 231 cm³/mol. The van der Waals surface area contributed by atoms with Crippen molar-refractivity contribution in [3.8, 4) is 22.8 Å². The van der Waals surface area contributed by atoms with Crippen LogP contribution in [0.5, 0.6) is 0 Å². The number of nitrogens with zero attached hydrogens (tertiary/aromatic N) is 9. The Morgan fingerprint density at radius 2 is 1.10 bits per heavy atom. The molecule has 60 heavy (non-hydrogen) atoms. The third-order valence-corrected chi connectivity index (χ3v) is 11.7. The van der Waals surface area contributed by atoms with Crippen molar-refractivity contribution >= 4 is 71.2 Å². The summed E-state index contributed by atoms with van der Waals surface area (Å²) in [4.78, 5) is 27.1. The van der Waals surface area contributed by atoms with Crippen molar-refractivity contribution < 1.29 is 22.7 Å². The fraction of sp³-hybridized carbons (Fsp3) is 0.222. The van der Waals surface area contributed by atoms with Crippen LogP contribution in [-0.2, 0) is 9.47 Å². The molecule has 15 heteroatoms. The van der Waals surface area contributed by atoms with Gasteiger partial charge in [0.25, 0.3) is 0 Å². The van der Waals surface area contributed by atoms with E-state index >= 15 is 0 Å². The zero-order chi connectivity index (χ0) is 40.9. The van der Waals surface area contributed by atoms with Crippen LogP contribution in [0, 0.1) is 25.5 Å². The highest BCUT2D eigenvalue weighted by molar-refractivity contribution is 9.10. The maximum Gasteiger partial charge on any atom is 0.228 e. The lowest BCUT2D eigenvalue weighted by molar-refractivity contribution is 0.122. The first-order valence-corrected chi connectivity index (χ1v) is 20.5. The number of para-hydroxylation sites is 2. The smallest absolute Gasteiger partial charge is 0.228 e. The summed E-state index contributed by atoms with van der Waals surface area (Å²) in [6, 6.07) is 22.3. The van der Waals surface area contributed by atoms with Gasteiger partial charge in [0.05, 0.1) is 60.6 Å². The summed E-state index contributed by atoms with van der Waals surface area (Å²) >= 11 is 3.69. The Hall–Kier alpha value is -6.29. The maximum absolute atomic E-state index is 14.5. The van der Waals surface area contributed by atoms with Gasteiger partial charge in [0.2, 0.25) is 5.89 Å². The predicted octanol–water partition coefficient (Wildman–Crippen LogP) is 9.13. The van der Waals surface area contributed by atoms with E-state index in [2.05, 4.69) is 74.1 Å². The molecule has 12 nitrogen and oxygen atoms in total. The van der Waals surface area contributed by atoms with E-state index in [0.717, 1.165) is 117 Å². The third kappa shape index (κ3) is 6.72. The summed E-state index contributed by atoms with van der Waals surface area (Å²) in [5.41, 5.74) is 8.92. The van der Waals surface area contributed by atoms with Crippen molar-refractivity contribution in [2.45, 2.75) is 13.8 Å². The van der Waals surface area contributed by atoms with E-state index in [1.165, 1.54) is 12.1 Å². The van der Waals surface area contributed by atoms with Gasteiger partial charge in [-0.15, -0.1) is 0 Å². The number of halogens is 3. The molecule has 2 saturated heterocycles. The van der Waals surface area contributed by atoms with Crippen LogP contribution in [0.1, 0.15) is 11.6 Å². The minimum atomic E-state index is -0.346. The van der Waals surface area contributed by atoms with E-state index in [-0.39, 0.29) is 11.6 Å². The lowest BCUT2D eigenvalue weighted by Crippen LogP contribution is -2.36. The van der Waals surface area contributed by atoms with Crippen LogP contribution in [-0.4, -0.2) is 86.7 Å². The van der Waals surface area contributed by atoms with Crippen molar-refractivity contribution in [2.24, 2.45) is 0 Å². The van der Waals surface area contributed by atoms with E-state index < -0.39 is 0 Å². The molecule has 0 N–H and O–H groups in total. The molecule has 0 radical (unpaired) electrons. The number of pyridine rings is 2. The number of oxazole rings is 1. The second-order valence-electron chi connectivity index (χ2n) is 14.6. The molecule has 0 bridgehead atoms. The second-order valence-corrected chi connectivity index (χ2v) is 15.5. The van der Waals surface area contributed by atoms with Gasteiger partial charge in [0.1, 0.15) is 51.6 Å². The number of aryl methyl sites for hydroxylation is 2. The molecule has 5 aromatic heterocycles. The molecule has 0 spiro atoms. The quantitative estimate of drug-likeness (QED) is 0.166. The van der Waals surface area contributed by atoms with Gasteiger partial charge in [-0.25, -0.2) is 23.7 Å². The number of aromatic nitrogens is 7. The molecule has 7 heterocycles. The molecular formula is C45H38BrF2N9O3. The highest BCUT2D eigenvalue weighted by atomic mass is 79.9. The second kappa shape index (κ2) is 15.7. The minimum absolute atomic E-state index is 0.323. The fourth-order valence-electron chi connectivity index (χ4n) is 8.29. The lowest BCUT2D eigenvalue weighted by atomic mass is 10.1. The molecule has 11 rings (SSSR count). The molecule has 2 aliphatic rings. The van der Waals surface area contributed by atoms with E-state index in [0.29, 0.717) is 30.1 Å². The Labute approximate surface area is 351 Å². The molecule has 0 unspecified atom stereocenters. The first-order valence-electron chi connectivity index (χ1n) is 19.7. The van der Waals surface area contributed by atoms with Gasteiger partial charge in [-0.05, 0) is 78.3 Å². The highest BCUT2D eigenvalue weighted by Crippen LogP contribution is 2.37. The largest absolute Gasteiger partial charge is 0.444 e. The molecule has 302 valence electrons. The molecule has 9 aromatic rings. The number of fused-ring (bicyclic) bond motifs is 4. The van der Waals surface area contributed by atoms with Crippen LogP contribution >= 0.6 is 15.9 Å². The normalized spacial score (nSPS) is 14.7. The summed E-state index contributed by atoms with van der Waals surface area (Å²) in [6.07, 6.45) is 6.47. The van der Waals surface area contributed by atoms with Gasteiger partial charge in [-0.2, -0.15) is 0 Å². The van der Waals surface area contributed by atoms with Gasteiger partial charge in [0, 0.05) is 65.2 Å². The van der Waals surface area contributed by atoms with Gasteiger partial charge < -0.3 is 23.7 Å². The standard InChI is InChI=1S/C24H20FN5O2.C21H18BrFN4O/c1-15-28-23-18(24-27-7-10-32-24)13-16(29-8-11-31-12-9-29)14-21(23)30(15)20-5-6-26-22-17(20)3-2-4-19(22)25;1-13-25-21-16(22)11-14(26-7-9-28-10-8-26)12-19(21)27(13)18-5-6-24-20-15(18)3-2-4-17(20)23/h2-7,10,13-14H,8-9,11-12H2,1H3;2-6,11-12H,7-10H2,1H3. The lowest BCUT2D eigenvalue weighted by Gasteiger charge is -2.29. The van der Waals surface area contributed by atoms with E-state index in [4.69, 9.17) is 23.9 Å². The van der Waals surface area contributed by atoms with Crippen LogP contribution in [0.2, 0.25) is 0 Å². The first-order chi connectivity index (χ1) is 29.3. The zero-order valence-corrected chi connectivity index (χ0v) is 34.4. The van der Waals surface area contributed by atoms with Crippen LogP contribution in [0.15, 0.2) is 107 Å². The summed E-state index contributed by atoms with van der Waals surface area (Å²) < 4.78 is 50.5. The molecule has 0 amide bonds. The summed E-state index contributed by atoms with van der Waals surface area (Å²) in [7, 11) is 0. The van der Waals surface area contributed by atoms with Crippen molar-refractivity contribution in [2.75, 3.05) is 62.4 Å². The molecule has 0 atom stereocenters. The average molecular weight is 871 g/mol. The monoisotopic (exact) mass is 869 g/mol. The molecule has 4 aromatic carbocycles. The third-order valence-electron chi connectivity index (χ3n) is 11.1. The number of hydrogen-bond acceptors (Lipinski definition) is 10. The van der Waals surface area contributed by atoms with Crippen molar-refractivity contribution in [1.29, 1.82) is 0 Å². The van der Waals surface area contributed by atoms with E-state index in [9.17, 15) is 8.78 Å². The topological polar surface area (TPSA) is 112 Å². The molecule has 0 aliphatic carbocycles. The Morgan fingerprint density at radius 3 is 1.63 bits per heavy atom. The molecule has 0 saturated carbocycles. The fourth-order valence-corrected chi connectivity index (χ4v) is 8.82. The number of ether oxygens (including phenoxy) is 2. The summed E-state index contributed by atoms with van der Waals surface area (Å²) in [6.45, 7) is 10.0. The van der Waals surface area contributed by atoms with Crippen molar-refractivity contribution in [3.05, 3.63) is 125 Å². The Bertz CT molecular complexity index is 3050. The van der Waals surface area contributed by atoms with Gasteiger partial charge in [0.15, 0.2) is 0 Å². The average Bonchev–Trinajstić information content (AvgIpc) is 4.02. The number of benzene rings is 4. The number of morpholine rings is 2. The van der Waals surface area contributed by atoms with Gasteiger partial charge >= 0.3 is 0 Å². The SMILES string of the molecule is Cc1nc2c(-c3ncco3)cc(N3CCOCC3)cc2n1-c1ccnc2c(F)cccc12.Cc1nc2c(Br)cc(N3CCOCC3)cc2n1-c1ccnc2c(F)cccc12. The van der Waals surface area contributed by atoms with Gasteiger partial charge in [-0.3, -0.25) is 19.1 Å². The van der Waals surface area contributed by atoms with Crippen molar-refractivity contribution in [1.82, 2.24) is 34.1 Å². The number of hydrogen-bond donors (Lipinski definition) is 0. The molecule has 2 aliphatic heterocycles. The zero-order valence-electron chi connectivity index (χ0n) is 32.8. The maximum atomic E-state index is 14.5. The Balaban J connectivity index is 0.000000146. The molecule has 2 fully saturated rings.